The molecule has 0 spiro atoms. The standard InChI is InChI=1S/C30H26FN3O4/c1-19(21-8-11-24(31)12-9-21)33-29(37)22-10-15-27-23(16-22)17-26(4-2-3-5-28(35)36)34(30(27)38)25-13-6-20(18-32)7-14-25/h6-17,19H,2-5H2,1H3,(H,33,37)(H,35,36). The van der Waals surface area contributed by atoms with Crippen LogP contribution in [0.2, 0.25) is 0 Å². The van der Waals surface area contributed by atoms with Crippen molar-refractivity contribution in [1.29, 1.82) is 5.26 Å². The molecule has 0 fully saturated rings. The molecule has 4 rings (SSSR count). The average Bonchev–Trinajstić information content (AvgIpc) is 2.91. The minimum atomic E-state index is -0.876. The van der Waals surface area contributed by atoms with Crippen LogP contribution in [0, 0.1) is 17.1 Å². The Morgan fingerprint density at radius 1 is 1.03 bits per heavy atom. The lowest BCUT2D eigenvalue weighted by molar-refractivity contribution is -0.137. The molecule has 0 saturated carbocycles. The number of fused-ring (bicyclic) bond motifs is 1. The van der Waals surface area contributed by atoms with Crippen LogP contribution in [0.5, 0.6) is 0 Å². The van der Waals surface area contributed by atoms with Gasteiger partial charge in [-0.25, -0.2) is 4.39 Å². The van der Waals surface area contributed by atoms with Crippen LogP contribution in [-0.2, 0) is 11.2 Å². The second-order valence-corrected chi connectivity index (χ2v) is 9.08. The van der Waals surface area contributed by atoms with Crippen LogP contribution in [0.4, 0.5) is 4.39 Å². The maximum absolute atomic E-state index is 13.6. The van der Waals surface area contributed by atoms with E-state index in [1.54, 1.807) is 66.1 Å². The van der Waals surface area contributed by atoms with Gasteiger partial charge in [-0.1, -0.05) is 12.1 Å². The molecule has 0 saturated heterocycles. The van der Waals surface area contributed by atoms with E-state index in [0.717, 1.165) is 5.56 Å². The van der Waals surface area contributed by atoms with Gasteiger partial charge in [0.25, 0.3) is 11.5 Å². The summed E-state index contributed by atoms with van der Waals surface area (Å²) in [4.78, 5) is 37.5. The Bertz CT molecular complexity index is 1590. The Morgan fingerprint density at radius 2 is 1.74 bits per heavy atom. The smallest absolute Gasteiger partial charge is 0.303 e. The summed E-state index contributed by atoms with van der Waals surface area (Å²) >= 11 is 0. The van der Waals surface area contributed by atoms with Gasteiger partial charge in [0.2, 0.25) is 0 Å². The molecule has 192 valence electrons. The highest BCUT2D eigenvalue weighted by atomic mass is 19.1. The Balaban J connectivity index is 1.69. The van der Waals surface area contributed by atoms with Crippen molar-refractivity contribution in [2.45, 2.75) is 38.6 Å². The van der Waals surface area contributed by atoms with E-state index in [1.165, 1.54) is 12.1 Å². The van der Waals surface area contributed by atoms with Crippen LogP contribution in [0.1, 0.15) is 59.4 Å². The van der Waals surface area contributed by atoms with Gasteiger partial charge in [0.1, 0.15) is 5.82 Å². The number of unbranched alkanes of at least 4 members (excludes halogenated alkanes) is 1. The molecule has 1 atom stereocenters. The first kappa shape index (κ1) is 26.3. The molecule has 1 heterocycles. The molecule has 8 heteroatoms. The van der Waals surface area contributed by atoms with Crippen molar-refractivity contribution in [2.24, 2.45) is 0 Å². The molecule has 0 aliphatic heterocycles. The van der Waals surface area contributed by atoms with Crippen molar-refractivity contribution in [1.82, 2.24) is 9.88 Å². The number of benzene rings is 3. The van der Waals surface area contributed by atoms with Crippen molar-refractivity contribution in [2.75, 3.05) is 0 Å². The van der Waals surface area contributed by atoms with Gasteiger partial charge in [0.05, 0.1) is 17.7 Å². The number of rotatable bonds is 9. The number of nitrogens with one attached hydrogen (secondary N) is 1. The summed E-state index contributed by atoms with van der Waals surface area (Å²) in [6.45, 7) is 1.80. The van der Waals surface area contributed by atoms with Crippen LogP contribution in [0.3, 0.4) is 0 Å². The Labute approximate surface area is 218 Å². The highest BCUT2D eigenvalue weighted by Gasteiger charge is 2.16. The number of hydrogen-bond acceptors (Lipinski definition) is 4. The van der Waals surface area contributed by atoms with Crippen molar-refractivity contribution < 1.29 is 19.1 Å². The lowest BCUT2D eigenvalue weighted by atomic mass is 10.0. The average molecular weight is 512 g/mol. The van der Waals surface area contributed by atoms with E-state index < -0.39 is 5.97 Å². The number of carboxylic acid groups (broad SMARTS) is 1. The zero-order valence-electron chi connectivity index (χ0n) is 20.8. The summed E-state index contributed by atoms with van der Waals surface area (Å²) in [7, 11) is 0. The summed E-state index contributed by atoms with van der Waals surface area (Å²) in [5.41, 5.74) is 2.60. The summed E-state index contributed by atoms with van der Waals surface area (Å²) in [5.74, 6) is -1.56. The van der Waals surface area contributed by atoms with Gasteiger partial charge in [0, 0.05) is 28.8 Å². The topological polar surface area (TPSA) is 112 Å². The van der Waals surface area contributed by atoms with E-state index in [9.17, 15) is 18.8 Å². The number of hydrogen-bond donors (Lipinski definition) is 2. The number of aromatic nitrogens is 1. The number of nitrogens with zero attached hydrogens (tertiary/aromatic N) is 2. The number of carbonyl (C=O) groups is 2. The first-order valence-corrected chi connectivity index (χ1v) is 12.2. The van der Waals surface area contributed by atoms with Gasteiger partial charge in [-0.3, -0.25) is 19.0 Å². The van der Waals surface area contributed by atoms with Crippen LogP contribution in [-0.4, -0.2) is 21.6 Å². The number of carbonyl (C=O) groups excluding carboxylic acids is 1. The van der Waals surface area contributed by atoms with Gasteiger partial charge in [0.15, 0.2) is 0 Å². The van der Waals surface area contributed by atoms with Gasteiger partial charge in [-0.2, -0.15) is 5.26 Å². The number of pyridine rings is 1. The van der Waals surface area contributed by atoms with Gasteiger partial charge >= 0.3 is 5.97 Å². The number of halogens is 1. The van der Waals surface area contributed by atoms with Crippen LogP contribution >= 0.6 is 0 Å². The fourth-order valence-electron chi connectivity index (χ4n) is 4.36. The van der Waals surface area contributed by atoms with Crippen LogP contribution in [0.15, 0.2) is 77.6 Å². The predicted octanol–water partition coefficient (Wildman–Crippen LogP) is 5.29. The zero-order valence-corrected chi connectivity index (χ0v) is 20.8. The Hall–Kier alpha value is -4.77. The summed E-state index contributed by atoms with van der Waals surface area (Å²) in [5, 5.41) is 22.0. The third-order valence-electron chi connectivity index (χ3n) is 6.40. The summed E-state index contributed by atoms with van der Waals surface area (Å²) in [6, 6.07) is 21.0. The van der Waals surface area contributed by atoms with Gasteiger partial charge in [-0.05, 0) is 97.8 Å². The lowest BCUT2D eigenvalue weighted by Crippen LogP contribution is -2.27. The van der Waals surface area contributed by atoms with E-state index in [4.69, 9.17) is 10.4 Å². The molecule has 1 unspecified atom stereocenters. The SMILES string of the molecule is CC(NC(=O)c1ccc2c(=O)n(-c3ccc(C#N)cc3)c(CCCCC(=O)O)cc2c1)c1ccc(F)cc1. The molecule has 0 aliphatic rings. The Morgan fingerprint density at radius 3 is 2.39 bits per heavy atom. The molecule has 4 aromatic rings. The monoisotopic (exact) mass is 511 g/mol. The highest BCUT2D eigenvalue weighted by molar-refractivity contribution is 5.98. The van der Waals surface area contributed by atoms with E-state index in [0.29, 0.717) is 52.5 Å². The third-order valence-corrected chi connectivity index (χ3v) is 6.40. The first-order valence-electron chi connectivity index (χ1n) is 12.2. The van der Waals surface area contributed by atoms with E-state index in [1.807, 2.05) is 6.07 Å². The molecule has 0 radical (unpaired) electrons. The predicted molar refractivity (Wildman–Crippen MR) is 142 cm³/mol. The molecule has 1 amide bonds. The highest BCUT2D eigenvalue weighted by Crippen LogP contribution is 2.21. The number of amides is 1. The molecule has 3 aromatic carbocycles. The van der Waals surface area contributed by atoms with E-state index in [-0.39, 0.29) is 29.7 Å². The quantitative estimate of drug-likeness (QED) is 0.297. The van der Waals surface area contributed by atoms with Gasteiger partial charge in [-0.15, -0.1) is 0 Å². The number of nitriles is 1. The molecule has 38 heavy (non-hydrogen) atoms. The number of aliphatic carboxylic acids is 1. The molecular formula is C30H26FN3O4. The van der Waals surface area contributed by atoms with Crippen molar-refractivity contribution in [3.63, 3.8) is 0 Å². The van der Waals surface area contributed by atoms with Gasteiger partial charge < -0.3 is 10.4 Å². The molecule has 0 aliphatic carbocycles. The van der Waals surface area contributed by atoms with Crippen molar-refractivity contribution in [3.8, 4) is 11.8 Å². The fraction of sp³-hybridized carbons (Fsp3) is 0.200. The van der Waals surface area contributed by atoms with Crippen molar-refractivity contribution in [3.05, 3.63) is 111 Å². The minimum Gasteiger partial charge on any atom is -0.481 e. The molecule has 0 bridgehead atoms. The summed E-state index contributed by atoms with van der Waals surface area (Å²) in [6.07, 6.45) is 1.50. The second-order valence-electron chi connectivity index (χ2n) is 9.08. The van der Waals surface area contributed by atoms with E-state index >= 15 is 0 Å². The summed E-state index contributed by atoms with van der Waals surface area (Å²) < 4.78 is 14.8. The molecule has 7 nitrogen and oxygen atoms in total. The molecular weight excluding hydrogens is 485 g/mol. The first-order chi connectivity index (χ1) is 18.3. The normalized spacial score (nSPS) is 11.6. The third kappa shape index (κ3) is 5.95. The maximum Gasteiger partial charge on any atom is 0.303 e. The van der Waals surface area contributed by atoms with Crippen molar-refractivity contribution >= 4 is 22.6 Å². The zero-order chi connectivity index (χ0) is 27.2. The maximum atomic E-state index is 13.6. The lowest BCUT2D eigenvalue weighted by Gasteiger charge is -2.17. The molecule has 1 aromatic heterocycles. The Kier molecular flexibility index (Phi) is 7.97. The van der Waals surface area contributed by atoms with Crippen LogP contribution < -0.4 is 10.9 Å². The second kappa shape index (κ2) is 11.5. The number of aryl methyl sites for hydroxylation is 1. The fourth-order valence-corrected chi connectivity index (χ4v) is 4.36. The van der Waals surface area contributed by atoms with Crippen LogP contribution in [0.25, 0.3) is 16.5 Å². The molecule has 2 N–H and O–H groups in total. The largest absolute Gasteiger partial charge is 0.481 e. The number of carboxylic acids is 1. The minimum absolute atomic E-state index is 0.0330. The van der Waals surface area contributed by atoms with E-state index in [2.05, 4.69) is 11.4 Å².